The van der Waals surface area contributed by atoms with Gasteiger partial charge >= 0.3 is 0 Å². The van der Waals surface area contributed by atoms with E-state index >= 15 is 0 Å². The van der Waals surface area contributed by atoms with E-state index in [2.05, 4.69) is 15.0 Å². The van der Waals surface area contributed by atoms with Gasteiger partial charge in [-0.2, -0.15) is 4.98 Å². The summed E-state index contributed by atoms with van der Waals surface area (Å²) in [5.41, 5.74) is 1.06. The number of hydrogen-bond donors (Lipinski definition) is 0. The summed E-state index contributed by atoms with van der Waals surface area (Å²) in [6, 6.07) is 5.74. The molecule has 2 aromatic rings. The maximum Gasteiger partial charge on any atom is 0.223 e. The minimum atomic E-state index is -0.164. The van der Waals surface area contributed by atoms with Crippen LogP contribution in [0.15, 0.2) is 22.7 Å². The van der Waals surface area contributed by atoms with Gasteiger partial charge in [0, 0.05) is 31.6 Å². The average Bonchev–Trinajstić information content (AvgIpc) is 2.96. The summed E-state index contributed by atoms with van der Waals surface area (Å²) < 4.78 is 15.9. The van der Waals surface area contributed by atoms with E-state index in [0.717, 1.165) is 24.4 Å². The summed E-state index contributed by atoms with van der Waals surface area (Å²) in [4.78, 5) is 6.52. The van der Waals surface area contributed by atoms with Gasteiger partial charge in [0.1, 0.15) is 11.9 Å². The van der Waals surface area contributed by atoms with Crippen molar-refractivity contribution in [2.45, 2.75) is 19.6 Å². The van der Waals surface area contributed by atoms with Crippen molar-refractivity contribution in [1.82, 2.24) is 15.0 Å². The van der Waals surface area contributed by atoms with Crippen LogP contribution >= 0.6 is 11.6 Å². The molecule has 0 aliphatic carbocycles. The Morgan fingerprint density at radius 3 is 3.00 bits per heavy atom. The molecule has 2 heterocycles. The van der Waals surface area contributed by atoms with E-state index in [0.29, 0.717) is 29.9 Å². The molecule has 0 N–H and O–H groups in total. The number of rotatable bonds is 4. The molecule has 0 bridgehead atoms. The second-order valence-electron chi connectivity index (χ2n) is 5.22. The van der Waals surface area contributed by atoms with E-state index in [-0.39, 0.29) is 6.10 Å². The van der Waals surface area contributed by atoms with Gasteiger partial charge in [-0.15, -0.1) is 0 Å². The third kappa shape index (κ3) is 3.40. The Balaban J connectivity index is 1.67. The summed E-state index contributed by atoms with van der Waals surface area (Å²) in [6.07, 6.45) is -0.164. The van der Waals surface area contributed by atoms with Crippen LogP contribution in [0, 0.1) is 6.92 Å². The van der Waals surface area contributed by atoms with Crippen molar-refractivity contribution in [3.8, 4) is 5.75 Å². The highest BCUT2D eigenvalue weighted by Crippen LogP contribution is 2.26. The first kappa shape index (κ1) is 15.3. The van der Waals surface area contributed by atoms with Gasteiger partial charge in [0.25, 0.3) is 0 Å². The van der Waals surface area contributed by atoms with E-state index < -0.39 is 0 Å². The fourth-order valence-electron chi connectivity index (χ4n) is 2.47. The van der Waals surface area contributed by atoms with Crippen LogP contribution < -0.4 is 4.74 Å². The summed E-state index contributed by atoms with van der Waals surface area (Å²) in [7, 11) is 1.63. The molecule has 0 amide bonds. The van der Waals surface area contributed by atoms with Gasteiger partial charge in [-0.1, -0.05) is 22.8 Å². The average molecular weight is 324 g/mol. The van der Waals surface area contributed by atoms with Crippen molar-refractivity contribution >= 4 is 11.6 Å². The van der Waals surface area contributed by atoms with Crippen molar-refractivity contribution < 1.29 is 14.0 Å². The topological polar surface area (TPSA) is 60.6 Å². The summed E-state index contributed by atoms with van der Waals surface area (Å²) in [5.74, 6) is 1.91. The van der Waals surface area contributed by atoms with Crippen molar-refractivity contribution in [1.29, 1.82) is 0 Å². The van der Waals surface area contributed by atoms with E-state index in [1.807, 2.05) is 18.2 Å². The molecule has 22 heavy (non-hydrogen) atoms. The van der Waals surface area contributed by atoms with Gasteiger partial charge in [0.15, 0.2) is 0 Å². The Morgan fingerprint density at radius 1 is 1.45 bits per heavy atom. The number of aryl methyl sites for hydroxylation is 1. The highest BCUT2D eigenvalue weighted by atomic mass is 35.5. The van der Waals surface area contributed by atoms with E-state index in [4.69, 9.17) is 25.6 Å². The molecule has 1 saturated heterocycles. The molecule has 0 saturated carbocycles. The third-order valence-corrected chi connectivity index (χ3v) is 3.99. The summed E-state index contributed by atoms with van der Waals surface area (Å²) in [5, 5.41) is 4.65. The van der Waals surface area contributed by atoms with Gasteiger partial charge in [0.05, 0.1) is 13.7 Å². The third-order valence-electron chi connectivity index (χ3n) is 3.64. The van der Waals surface area contributed by atoms with E-state index in [9.17, 15) is 0 Å². The predicted molar refractivity (Wildman–Crippen MR) is 81.0 cm³/mol. The molecule has 0 radical (unpaired) electrons. The lowest BCUT2D eigenvalue weighted by atomic mass is 10.1. The number of methoxy groups -OCH3 is 1. The van der Waals surface area contributed by atoms with Gasteiger partial charge in [-0.25, -0.2) is 0 Å². The van der Waals surface area contributed by atoms with Gasteiger partial charge in [-0.3, -0.25) is 4.90 Å². The van der Waals surface area contributed by atoms with Gasteiger partial charge in [-0.05, 0) is 17.7 Å². The normalized spacial score (nSPS) is 19.3. The van der Waals surface area contributed by atoms with Gasteiger partial charge in [0.2, 0.25) is 11.7 Å². The van der Waals surface area contributed by atoms with Crippen molar-refractivity contribution in [2.75, 3.05) is 26.8 Å². The molecule has 0 unspecified atom stereocenters. The number of halogens is 1. The molecule has 1 atom stereocenters. The monoisotopic (exact) mass is 323 g/mol. The lowest BCUT2D eigenvalue weighted by Gasteiger charge is -2.31. The molecular weight excluding hydrogens is 306 g/mol. The van der Waals surface area contributed by atoms with E-state index in [1.54, 1.807) is 14.0 Å². The van der Waals surface area contributed by atoms with Crippen LogP contribution in [0.3, 0.4) is 0 Å². The smallest absolute Gasteiger partial charge is 0.223 e. The number of morpholine rings is 1. The van der Waals surface area contributed by atoms with Crippen LogP contribution in [-0.2, 0) is 11.3 Å². The number of nitrogens with zero attached hydrogens (tertiary/aromatic N) is 3. The van der Waals surface area contributed by atoms with Crippen molar-refractivity contribution in [3.05, 3.63) is 40.5 Å². The zero-order valence-corrected chi connectivity index (χ0v) is 13.3. The quantitative estimate of drug-likeness (QED) is 0.862. The van der Waals surface area contributed by atoms with Crippen LogP contribution in [-0.4, -0.2) is 41.8 Å². The fraction of sp³-hybridized carbons (Fsp3) is 0.467. The maximum absolute atomic E-state index is 6.31. The highest BCUT2D eigenvalue weighted by Gasteiger charge is 2.26. The SMILES string of the molecule is COc1ccc(CN2CCO[C@@H](c3noc(C)n3)C2)c(Cl)c1. The minimum absolute atomic E-state index is 0.164. The maximum atomic E-state index is 6.31. The second-order valence-corrected chi connectivity index (χ2v) is 5.63. The Kier molecular flexibility index (Phi) is 4.61. The van der Waals surface area contributed by atoms with Crippen LogP contribution in [0.1, 0.15) is 23.4 Å². The molecule has 3 rings (SSSR count). The summed E-state index contributed by atoms with van der Waals surface area (Å²) >= 11 is 6.31. The molecule has 1 aliphatic heterocycles. The Morgan fingerprint density at radius 2 is 2.32 bits per heavy atom. The molecule has 6 nitrogen and oxygen atoms in total. The van der Waals surface area contributed by atoms with Gasteiger partial charge < -0.3 is 14.0 Å². The first-order chi connectivity index (χ1) is 10.7. The molecule has 1 aromatic heterocycles. The lowest BCUT2D eigenvalue weighted by Crippen LogP contribution is -2.38. The lowest BCUT2D eigenvalue weighted by molar-refractivity contribution is -0.0380. The summed E-state index contributed by atoms with van der Waals surface area (Å²) in [6.45, 7) is 4.71. The predicted octanol–water partition coefficient (Wildman–Crippen LogP) is 2.61. The van der Waals surface area contributed by atoms with Crippen LogP contribution in [0.2, 0.25) is 5.02 Å². The Labute approximate surface area is 134 Å². The zero-order chi connectivity index (χ0) is 15.5. The largest absolute Gasteiger partial charge is 0.497 e. The number of benzene rings is 1. The standard InChI is InChI=1S/C15H18ClN3O3/c1-10-17-15(18-22-10)14-9-19(5-6-21-14)8-11-3-4-12(20-2)7-13(11)16/h3-4,7,14H,5-6,8-9H2,1-2H3/t14-/m1/s1. The van der Waals surface area contributed by atoms with E-state index in [1.165, 1.54) is 0 Å². The Bertz CT molecular complexity index is 647. The van der Waals surface area contributed by atoms with Crippen molar-refractivity contribution in [3.63, 3.8) is 0 Å². The molecule has 1 fully saturated rings. The molecule has 1 aromatic carbocycles. The zero-order valence-electron chi connectivity index (χ0n) is 12.6. The highest BCUT2D eigenvalue weighted by molar-refractivity contribution is 6.31. The molecule has 7 heteroatoms. The minimum Gasteiger partial charge on any atom is -0.497 e. The van der Waals surface area contributed by atoms with Crippen LogP contribution in [0.4, 0.5) is 0 Å². The fourth-order valence-corrected chi connectivity index (χ4v) is 2.70. The van der Waals surface area contributed by atoms with Crippen LogP contribution in [0.5, 0.6) is 5.75 Å². The van der Waals surface area contributed by atoms with Crippen molar-refractivity contribution in [2.24, 2.45) is 0 Å². The number of ether oxygens (including phenoxy) is 2. The molecule has 0 spiro atoms. The molecular formula is C15H18ClN3O3. The Hall–Kier alpha value is -1.63. The first-order valence-corrected chi connectivity index (χ1v) is 7.50. The number of hydrogen-bond acceptors (Lipinski definition) is 6. The number of aromatic nitrogens is 2. The molecule has 1 aliphatic rings. The second kappa shape index (κ2) is 6.64. The molecule has 118 valence electrons. The van der Waals surface area contributed by atoms with Crippen LogP contribution in [0.25, 0.3) is 0 Å². The first-order valence-electron chi connectivity index (χ1n) is 7.12.